The van der Waals surface area contributed by atoms with Crippen molar-refractivity contribution >= 4 is 58.3 Å². The number of aryl methyl sites for hydroxylation is 1. The average molecular weight is 753 g/mol. The third-order valence-electron chi connectivity index (χ3n) is 7.21. The standard InChI is InChI=1S/C34H44N8O8.C2H4O2/c1-20(2)14-26(42-34(48)49-19-22-8-5-4-6-9-22)32(47)41-25(10-7-13-37-33(35)36)31(46)39-17-28(43)38-18-29(44)40-23-11-12-24-21(3)15-30(45)50-27(24)16-23;1-2(3)4/h4-6,8-9,11-12,15-16,20,25-26H,7,10,13-14,17-19H2,1-3H3,(H,38,43)(H,39,46)(H,40,44)(H,41,47)(H,42,48)(H4,35,36,37);1H3,(H,3,4)/t25-,26-;/m0./s1. The van der Waals surface area contributed by atoms with Crippen molar-refractivity contribution in [3.63, 3.8) is 0 Å². The number of alkyl carbamates (subject to hydrolysis) is 1. The molecular formula is C36H48N8O10. The van der Waals surface area contributed by atoms with E-state index in [-0.39, 0.29) is 37.9 Å². The average Bonchev–Trinajstić information content (AvgIpc) is 3.09. The smallest absolute Gasteiger partial charge is 0.408 e. The van der Waals surface area contributed by atoms with Crippen molar-refractivity contribution in [2.24, 2.45) is 22.4 Å². The largest absolute Gasteiger partial charge is 0.481 e. The molecule has 0 saturated heterocycles. The number of carbonyl (C=O) groups is 6. The van der Waals surface area contributed by atoms with Crippen molar-refractivity contribution in [1.29, 1.82) is 0 Å². The second-order valence-electron chi connectivity index (χ2n) is 12.4. The molecule has 0 fully saturated rings. The first kappa shape index (κ1) is 43.7. The molecule has 0 aliphatic heterocycles. The number of hydrogen-bond donors (Lipinski definition) is 8. The van der Waals surface area contributed by atoms with Crippen molar-refractivity contribution in [1.82, 2.24) is 21.3 Å². The lowest BCUT2D eigenvalue weighted by Gasteiger charge is -2.24. The number of guanidine groups is 1. The summed E-state index contributed by atoms with van der Waals surface area (Å²) in [5.41, 5.74) is 12.4. The van der Waals surface area contributed by atoms with Gasteiger partial charge in [-0.1, -0.05) is 44.2 Å². The lowest BCUT2D eigenvalue weighted by Crippen LogP contribution is -2.55. The quantitative estimate of drug-likeness (QED) is 0.0418. The zero-order chi connectivity index (χ0) is 40.2. The fourth-order valence-electron chi connectivity index (χ4n) is 4.79. The first-order valence-corrected chi connectivity index (χ1v) is 16.9. The molecule has 54 heavy (non-hydrogen) atoms. The normalized spacial score (nSPS) is 11.5. The SMILES string of the molecule is CC(=O)O.Cc1cc(=O)oc2cc(NC(=O)CNC(=O)CNC(=O)[C@H](CCCN=C(N)N)NC(=O)[C@H](CC(C)C)NC(=O)OCc3ccccc3)ccc12. The van der Waals surface area contributed by atoms with Crippen LogP contribution in [0.1, 0.15) is 51.2 Å². The number of rotatable bonds is 17. The molecule has 1 aromatic heterocycles. The van der Waals surface area contributed by atoms with Gasteiger partial charge >= 0.3 is 11.7 Å². The molecule has 0 bridgehead atoms. The van der Waals surface area contributed by atoms with Gasteiger partial charge in [0.25, 0.3) is 5.97 Å². The molecule has 1 heterocycles. The third kappa shape index (κ3) is 17.2. The Bertz CT molecular complexity index is 1840. The van der Waals surface area contributed by atoms with Gasteiger partial charge in [-0.2, -0.15) is 0 Å². The molecule has 18 heteroatoms. The maximum Gasteiger partial charge on any atom is 0.408 e. The van der Waals surface area contributed by atoms with Crippen LogP contribution >= 0.6 is 0 Å². The van der Waals surface area contributed by atoms with Gasteiger partial charge in [-0.25, -0.2) is 9.59 Å². The van der Waals surface area contributed by atoms with Crippen LogP contribution < -0.4 is 43.7 Å². The van der Waals surface area contributed by atoms with Crippen molar-refractivity contribution in [2.45, 2.75) is 65.6 Å². The Morgan fingerprint density at radius 3 is 2.20 bits per heavy atom. The molecule has 18 nitrogen and oxygen atoms in total. The van der Waals surface area contributed by atoms with E-state index in [4.69, 9.17) is 30.5 Å². The van der Waals surface area contributed by atoms with Crippen LogP contribution in [-0.4, -0.2) is 78.5 Å². The zero-order valence-corrected chi connectivity index (χ0v) is 30.6. The van der Waals surface area contributed by atoms with E-state index >= 15 is 0 Å². The Kier molecular flexibility index (Phi) is 18.2. The second-order valence-corrected chi connectivity index (χ2v) is 12.4. The van der Waals surface area contributed by atoms with E-state index in [0.29, 0.717) is 23.1 Å². The maximum atomic E-state index is 13.3. The van der Waals surface area contributed by atoms with Gasteiger partial charge < -0.3 is 52.3 Å². The van der Waals surface area contributed by atoms with E-state index in [2.05, 4.69) is 31.6 Å². The number of benzene rings is 2. The van der Waals surface area contributed by atoms with E-state index < -0.39 is 66.5 Å². The number of hydrogen-bond acceptors (Lipinski definition) is 10. The summed E-state index contributed by atoms with van der Waals surface area (Å²) in [5, 5.41) is 20.8. The minimum absolute atomic E-state index is 0.00124. The number of fused-ring (bicyclic) bond motifs is 1. The number of nitrogens with two attached hydrogens (primary N) is 2. The maximum absolute atomic E-state index is 13.3. The van der Waals surface area contributed by atoms with E-state index in [1.54, 1.807) is 31.2 Å². The second kappa shape index (κ2) is 22.5. The van der Waals surface area contributed by atoms with Gasteiger partial charge in [0, 0.05) is 36.7 Å². The Hall–Kier alpha value is -6.46. The predicted octanol–water partition coefficient (Wildman–Crippen LogP) is 1.24. The lowest BCUT2D eigenvalue weighted by molar-refractivity contribution is -0.134. The highest BCUT2D eigenvalue weighted by Crippen LogP contribution is 2.20. The van der Waals surface area contributed by atoms with Crippen LogP contribution in [0, 0.1) is 12.8 Å². The van der Waals surface area contributed by atoms with E-state index in [1.165, 1.54) is 12.1 Å². The van der Waals surface area contributed by atoms with Crippen molar-refractivity contribution in [2.75, 3.05) is 25.0 Å². The van der Waals surface area contributed by atoms with Gasteiger partial charge in [0.15, 0.2) is 5.96 Å². The van der Waals surface area contributed by atoms with E-state index in [9.17, 15) is 28.8 Å². The molecule has 0 unspecified atom stereocenters. The molecule has 0 radical (unpaired) electrons. The number of nitrogens with one attached hydrogen (secondary N) is 5. The molecular weight excluding hydrogens is 704 g/mol. The topological polar surface area (TPSA) is 287 Å². The first-order valence-electron chi connectivity index (χ1n) is 16.9. The van der Waals surface area contributed by atoms with Crippen LogP contribution in [0.2, 0.25) is 0 Å². The van der Waals surface area contributed by atoms with Gasteiger partial charge in [0.05, 0.1) is 13.1 Å². The van der Waals surface area contributed by atoms with E-state index in [0.717, 1.165) is 18.1 Å². The van der Waals surface area contributed by atoms with Crippen molar-refractivity contribution < 1.29 is 43.0 Å². The number of amides is 5. The third-order valence-corrected chi connectivity index (χ3v) is 7.21. The molecule has 3 rings (SSSR count). The molecule has 10 N–H and O–H groups in total. The van der Waals surface area contributed by atoms with Gasteiger partial charge in [0.2, 0.25) is 23.6 Å². The molecule has 0 spiro atoms. The molecule has 3 aromatic rings. The number of carbonyl (C=O) groups excluding carboxylic acids is 5. The monoisotopic (exact) mass is 752 g/mol. The summed E-state index contributed by atoms with van der Waals surface area (Å²) in [6, 6.07) is 13.1. The fraction of sp³-hybridized carbons (Fsp3) is 0.389. The molecule has 2 aromatic carbocycles. The minimum atomic E-state index is -1.11. The van der Waals surface area contributed by atoms with E-state index in [1.807, 2.05) is 32.0 Å². The zero-order valence-electron chi connectivity index (χ0n) is 30.6. The van der Waals surface area contributed by atoms with Crippen LogP contribution in [0.25, 0.3) is 11.0 Å². The summed E-state index contributed by atoms with van der Waals surface area (Å²) >= 11 is 0. The Morgan fingerprint density at radius 1 is 0.889 bits per heavy atom. The molecule has 0 aliphatic rings. The van der Waals surface area contributed by atoms with Gasteiger partial charge in [-0.05, 0) is 55.4 Å². The summed E-state index contributed by atoms with van der Waals surface area (Å²) in [6.07, 6.45) is -0.128. The van der Waals surface area contributed by atoms with Crippen molar-refractivity contribution in [3.05, 3.63) is 76.1 Å². The summed E-state index contributed by atoms with van der Waals surface area (Å²) in [7, 11) is 0. The van der Waals surface area contributed by atoms with Crippen LogP contribution in [0.4, 0.5) is 10.5 Å². The number of ether oxygens (including phenoxy) is 1. The number of anilines is 1. The molecule has 2 atom stereocenters. The van der Waals surface area contributed by atoms with Crippen molar-refractivity contribution in [3.8, 4) is 0 Å². The summed E-state index contributed by atoms with van der Waals surface area (Å²) in [6.45, 7) is 5.88. The Morgan fingerprint density at radius 2 is 1.56 bits per heavy atom. The molecule has 0 aliphatic carbocycles. The summed E-state index contributed by atoms with van der Waals surface area (Å²) in [4.78, 5) is 88.6. The number of aliphatic imine (C=N–C) groups is 1. The number of nitrogens with zero attached hydrogens (tertiary/aromatic N) is 1. The number of carboxylic acids is 1. The minimum Gasteiger partial charge on any atom is -0.481 e. The van der Waals surface area contributed by atoms with Crippen LogP contribution in [0.3, 0.4) is 0 Å². The molecule has 0 saturated carbocycles. The van der Waals surface area contributed by atoms with Crippen LogP contribution in [-0.2, 0) is 35.3 Å². The van der Waals surface area contributed by atoms with Crippen LogP contribution in [0.15, 0.2) is 68.8 Å². The summed E-state index contributed by atoms with van der Waals surface area (Å²) < 4.78 is 10.5. The van der Waals surface area contributed by atoms with Gasteiger partial charge in [-0.15, -0.1) is 0 Å². The number of carboxylic acid groups (broad SMARTS) is 1. The predicted molar refractivity (Wildman–Crippen MR) is 200 cm³/mol. The highest BCUT2D eigenvalue weighted by Gasteiger charge is 2.28. The Balaban J connectivity index is 0.00000239. The van der Waals surface area contributed by atoms with Crippen LogP contribution in [0.5, 0.6) is 0 Å². The first-order chi connectivity index (χ1) is 25.5. The fourth-order valence-corrected chi connectivity index (χ4v) is 4.79. The lowest BCUT2D eigenvalue weighted by atomic mass is 10.0. The Labute approximate surface area is 311 Å². The summed E-state index contributed by atoms with van der Waals surface area (Å²) in [5.74, 6) is -3.49. The molecule has 5 amide bonds. The number of aliphatic carboxylic acids is 1. The van der Waals surface area contributed by atoms with Gasteiger partial charge in [-0.3, -0.25) is 29.0 Å². The highest BCUT2D eigenvalue weighted by atomic mass is 16.5. The molecule has 292 valence electrons. The highest BCUT2D eigenvalue weighted by molar-refractivity contribution is 5.97. The van der Waals surface area contributed by atoms with Gasteiger partial charge in [0.1, 0.15) is 24.3 Å².